The normalized spacial score (nSPS) is 22.3. The van der Waals surface area contributed by atoms with Crippen LogP contribution in [0, 0.1) is 5.92 Å². The van der Waals surface area contributed by atoms with E-state index in [0.29, 0.717) is 5.56 Å². The molecule has 1 aliphatic carbocycles. The molecule has 26 heavy (non-hydrogen) atoms. The molecule has 2 atom stereocenters. The van der Waals surface area contributed by atoms with Crippen molar-refractivity contribution in [1.82, 2.24) is 0 Å². The SMILES string of the molecule is O=C(CC1C=CC=CC1(Cl)S(=O)(=O)c1ccccc1Cl)c1ccccc1. The Bertz CT molecular complexity index is 981. The highest BCUT2D eigenvalue weighted by molar-refractivity contribution is 7.94. The molecule has 2 aromatic carbocycles. The van der Waals surface area contributed by atoms with Crippen molar-refractivity contribution in [2.45, 2.75) is 15.5 Å². The summed E-state index contributed by atoms with van der Waals surface area (Å²) in [7, 11) is -4.03. The number of halogens is 2. The van der Waals surface area contributed by atoms with E-state index in [1.54, 1.807) is 54.6 Å². The average molecular weight is 407 g/mol. The molecule has 0 saturated carbocycles. The van der Waals surface area contributed by atoms with E-state index in [9.17, 15) is 13.2 Å². The predicted molar refractivity (Wildman–Crippen MR) is 104 cm³/mol. The fourth-order valence-corrected chi connectivity index (χ4v) is 5.56. The summed E-state index contributed by atoms with van der Waals surface area (Å²) in [5, 5.41) is 0.101. The summed E-state index contributed by atoms with van der Waals surface area (Å²) in [6.45, 7) is 0. The van der Waals surface area contributed by atoms with E-state index in [1.165, 1.54) is 18.2 Å². The fourth-order valence-electron chi connectivity index (χ4n) is 2.91. The Hall–Kier alpha value is -1.88. The largest absolute Gasteiger partial charge is 0.294 e. The lowest BCUT2D eigenvalue weighted by Gasteiger charge is -2.32. The first-order valence-corrected chi connectivity index (χ1v) is 10.2. The van der Waals surface area contributed by atoms with Crippen LogP contribution in [0.15, 0.2) is 83.8 Å². The van der Waals surface area contributed by atoms with Crippen molar-refractivity contribution in [2.24, 2.45) is 5.92 Å². The van der Waals surface area contributed by atoms with Gasteiger partial charge in [0.1, 0.15) is 0 Å². The highest BCUT2D eigenvalue weighted by atomic mass is 35.5. The molecule has 0 fully saturated rings. The first kappa shape index (κ1) is 18.9. The zero-order valence-electron chi connectivity index (χ0n) is 13.7. The molecule has 0 heterocycles. The third kappa shape index (κ3) is 3.37. The lowest BCUT2D eigenvalue weighted by atomic mass is 9.92. The van der Waals surface area contributed by atoms with Crippen molar-refractivity contribution >= 4 is 38.8 Å². The highest BCUT2D eigenvalue weighted by Gasteiger charge is 2.48. The van der Waals surface area contributed by atoms with Crippen LogP contribution in [0.5, 0.6) is 0 Å². The Morgan fingerprint density at radius 3 is 2.35 bits per heavy atom. The Morgan fingerprint density at radius 1 is 1.00 bits per heavy atom. The van der Waals surface area contributed by atoms with Gasteiger partial charge in [0.15, 0.2) is 9.99 Å². The first-order valence-electron chi connectivity index (χ1n) is 7.98. The van der Waals surface area contributed by atoms with Gasteiger partial charge in [0.05, 0.1) is 9.92 Å². The molecule has 1 aliphatic rings. The van der Waals surface area contributed by atoms with E-state index in [1.807, 2.05) is 6.07 Å². The number of ketones is 1. The smallest absolute Gasteiger partial charge is 0.203 e. The maximum atomic E-state index is 13.2. The predicted octanol–water partition coefficient (Wildman–Crippen LogP) is 5.06. The highest BCUT2D eigenvalue weighted by Crippen LogP contribution is 2.44. The number of rotatable bonds is 5. The number of carbonyl (C=O) groups is 1. The number of carbonyl (C=O) groups excluding carboxylic acids is 1. The van der Waals surface area contributed by atoms with Crippen LogP contribution < -0.4 is 0 Å². The number of Topliss-reactive ketones (excluding diaryl/α,β-unsaturated/α-hetero) is 1. The second-order valence-electron chi connectivity index (χ2n) is 5.98. The van der Waals surface area contributed by atoms with Crippen molar-refractivity contribution < 1.29 is 13.2 Å². The van der Waals surface area contributed by atoms with Crippen molar-refractivity contribution in [3.8, 4) is 0 Å². The first-order chi connectivity index (χ1) is 12.4. The van der Waals surface area contributed by atoms with Gasteiger partial charge < -0.3 is 0 Å². The Kier molecular flexibility index (Phi) is 5.37. The molecule has 2 unspecified atom stereocenters. The van der Waals surface area contributed by atoms with Crippen LogP contribution in [0.1, 0.15) is 16.8 Å². The third-order valence-electron chi connectivity index (χ3n) is 4.32. The van der Waals surface area contributed by atoms with Crippen molar-refractivity contribution in [3.63, 3.8) is 0 Å². The molecule has 0 radical (unpaired) electrons. The van der Waals surface area contributed by atoms with E-state index in [4.69, 9.17) is 23.2 Å². The molecule has 134 valence electrons. The summed E-state index contributed by atoms with van der Waals surface area (Å²) in [6.07, 6.45) is 6.31. The summed E-state index contributed by atoms with van der Waals surface area (Å²) < 4.78 is 24.7. The minimum atomic E-state index is -4.03. The quantitative estimate of drug-likeness (QED) is 0.514. The number of benzene rings is 2. The molecule has 3 nitrogen and oxygen atoms in total. The molecule has 2 aromatic rings. The lowest BCUT2D eigenvalue weighted by molar-refractivity contribution is 0.0968. The van der Waals surface area contributed by atoms with Crippen LogP contribution in [-0.4, -0.2) is 18.4 Å². The summed E-state index contributed by atoms with van der Waals surface area (Å²) in [5.41, 5.74) is 0.518. The summed E-state index contributed by atoms with van der Waals surface area (Å²) in [5.74, 6) is -0.891. The van der Waals surface area contributed by atoms with Crippen LogP contribution in [-0.2, 0) is 9.84 Å². The molecule has 0 bridgehead atoms. The molecule has 0 spiro atoms. The number of alkyl halides is 1. The zero-order chi connectivity index (χ0) is 18.8. The standard InChI is InChI=1S/C20H16Cl2O3S/c21-17-11-4-5-12-19(17)26(24,25)20(22)13-7-6-10-16(20)14-18(23)15-8-2-1-3-9-15/h1-13,16H,14H2. The van der Waals surface area contributed by atoms with Gasteiger partial charge in [-0.2, -0.15) is 0 Å². The van der Waals surface area contributed by atoms with Crippen molar-refractivity contribution in [1.29, 1.82) is 0 Å². The molecule has 0 aliphatic heterocycles. The summed E-state index contributed by atoms with van der Waals surface area (Å²) >= 11 is 12.7. The fraction of sp³-hybridized carbons (Fsp3) is 0.150. The van der Waals surface area contributed by atoms with Gasteiger partial charge in [-0.3, -0.25) is 4.79 Å². The maximum Gasteiger partial charge on any atom is 0.203 e. The second kappa shape index (κ2) is 7.39. The Labute approximate surface area is 162 Å². The van der Waals surface area contributed by atoms with Crippen LogP contribution in [0.4, 0.5) is 0 Å². The Morgan fingerprint density at radius 2 is 1.65 bits per heavy atom. The van der Waals surface area contributed by atoms with Crippen LogP contribution >= 0.6 is 23.2 Å². The third-order valence-corrected chi connectivity index (χ3v) is 7.98. The molecule has 6 heteroatoms. The number of hydrogen-bond acceptors (Lipinski definition) is 3. The number of sulfone groups is 1. The van der Waals surface area contributed by atoms with Gasteiger partial charge in [-0.1, -0.05) is 83.9 Å². The maximum absolute atomic E-state index is 13.2. The monoisotopic (exact) mass is 406 g/mol. The Balaban J connectivity index is 1.98. The molecule has 0 saturated heterocycles. The summed E-state index contributed by atoms with van der Waals surface area (Å²) in [6, 6.07) is 14.9. The number of allylic oxidation sites excluding steroid dienone is 3. The molecule has 3 rings (SSSR count). The molecule has 0 N–H and O–H groups in total. The van der Waals surface area contributed by atoms with Gasteiger partial charge >= 0.3 is 0 Å². The minimum Gasteiger partial charge on any atom is -0.294 e. The van der Waals surface area contributed by atoms with E-state index in [-0.39, 0.29) is 22.1 Å². The minimum absolute atomic E-state index is 0.0297. The number of hydrogen-bond donors (Lipinski definition) is 0. The van der Waals surface area contributed by atoms with Crippen molar-refractivity contribution in [2.75, 3.05) is 0 Å². The topological polar surface area (TPSA) is 51.2 Å². The molecular weight excluding hydrogens is 391 g/mol. The van der Waals surface area contributed by atoms with Crippen LogP contribution in [0.2, 0.25) is 5.02 Å². The van der Waals surface area contributed by atoms with Gasteiger partial charge in [0, 0.05) is 17.9 Å². The molecular formula is C20H16Cl2O3S. The van der Waals surface area contributed by atoms with E-state index < -0.39 is 20.0 Å². The molecule has 0 aromatic heterocycles. The summed E-state index contributed by atoms with van der Waals surface area (Å²) in [4.78, 5) is 12.5. The van der Waals surface area contributed by atoms with Crippen LogP contribution in [0.3, 0.4) is 0 Å². The van der Waals surface area contributed by atoms with Gasteiger partial charge in [0.25, 0.3) is 0 Å². The van der Waals surface area contributed by atoms with Gasteiger partial charge in [-0.25, -0.2) is 8.42 Å². The van der Waals surface area contributed by atoms with Crippen LogP contribution in [0.25, 0.3) is 0 Å². The molecule has 0 amide bonds. The van der Waals surface area contributed by atoms with E-state index in [0.717, 1.165) is 0 Å². The zero-order valence-corrected chi connectivity index (χ0v) is 16.0. The van der Waals surface area contributed by atoms with E-state index in [2.05, 4.69) is 0 Å². The second-order valence-corrected chi connectivity index (χ2v) is 9.35. The van der Waals surface area contributed by atoms with Crippen molar-refractivity contribution in [3.05, 3.63) is 89.5 Å². The van der Waals surface area contributed by atoms with Gasteiger partial charge in [-0.05, 0) is 18.2 Å². The van der Waals surface area contributed by atoms with Gasteiger partial charge in [0.2, 0.25) is 9.84 Å². The van der Waals surface area contributed by atoms with Gasteiger partial charge in [-0.15, -0.1) is 0 Å². The van der Waals surface area contributed by atoms with E-state index >= 15 is 0 Å². The lowest BCUT2D eigenvalue weighted by Crippen LogP contribution is -2.40. The average Bonchev–Trinajstić information content (AvgIpc) is 2.64.